The number of nitrogens with zero attached hydrogens (tertiary/aromatic N) is 2. The minimum atomic E-state index is -5.10. The van der Waals surface area contributed by atoms with Gasteiger partial charge in [0.2, 0.25) is 0 Å². The summed E-state index contributed by atoms with van der Waals surface area (Å²) < 4.78 is 99.3. The molecule has 1 heterocycles. The molecule has 0 unspecified atom stereocenters. The van der Waals surface area contributed by atoms with Gasteiger partial charge in [0.25, 0.3) is 5.91 Å². The average Bonchev–Trinajstić information content (AvgIpc) is 2.82. The Morgan fingerprint density at radius 2 is 1.53 bits per heavy atom. The van der Waals surface area contributed by atoms with E-state index in [1.165, 1.54) is 36.5 Å². The van der Waals surface area contributed by atoms with Crippen LogP contribution in [0.3, 0.4) is 0 Å². The van der Waals surface area contributed by atoms with Crippen molar-refractivity contribution >= 4 is 23.5 Å². The number of halogens is 8. The summed E-state index contributed by atoms with van der Waals surface area (Å²) in [5.74, 6) is -2.45. The van der Waals surface area contributed by atoms with Gasteiger partial charge in [0.05, 0.1) is 11.1 Å². The minimum Gasteiger partial charge on any atom is -0.456 e. The number of aromatic nitrogens is 1. The van der Waals surface area contributed by atoms with Gasteiger partial charge in [-0.05, 0) is 41.5 Å². The Bertz CT molecular complexity index is 1310. The van der Waals surface area contributed by atoms with Crippen molar-refractivity contribution in [3.8, 4) is 11.1 Å². The number of ether oxygens (including phenoxy) is 1. The summed E-state index contributed by atoms with van der Waals surface area (Å²) in [6.45, 7) is -1.11. The second-order valence-corrected chi connectivity index (χ2v) is 8.41. The molecule has 0 atom stereocenters. The van der Waals surface area contributed by atoms with E-state index in [4.69, 9.17) is 11.6 Å². The van der Waals surface area contributed by atoms with Gasteiger partial charge >= 0.3 is 18.3 Å². The van der Waals surface area contributed by atoms with E-state index in [-0.39, 0.29) is 27.9 Å². The van der Waals surface area contributed by atoms with E-state index in [2.05, 4.69) is 9.72 Å². The molecule has 0 radical (unpaired) electrons. The molecule has 5 nitrogen and oxygen atoms in total. The number of benzene rings is 2. The number of carbonyl (C=O) groups is 2. The molecular formula is C25H18ClF7N2O3. The smallest absolute Gasteiger partial charge is 0.416 e. The number of hydrogen-bond acceptors (Lipinski definition) is 4. The molecule has 0 fully saturated rings. The summed E-state index contributed by atoms with van der Waals surface area (Å²) in [5, 5.41) is -0.184. The minimum absolute atomic E-state index is 0.0389. The van der Waals surface area contributed by atoms with Crippen molar-refractivity contribution in [1.29, 1.82) is 0 Å². The van der Waals surface area contributed by atoms with Crippen molar-refractivity contribution in [2.75, 3.05) is 6.61 Å². The monoisotopic (exact) mass is 562 g/mol. The van der Waals surface area contributed by atoms with Crippen LogP contribution in [0.5, 0.6) is 0 Å². The van der Waals surface area contributed by atoms with Gasteiger partial charge in [0, 0.05) is 37.3 Å². The largest absolute Gasteiger partial charge is 0.456 e. The van der Waals surface area contributed by atoms with E-state index in [0.717, 1.165) is 11.8 Å². The summed E-state index contributed by atoms with van der Waals surface area (Å²) in [5.41, 5.74) is -3.32. The Kier molecular flexibility index (Phi) is 8.65. The van der Waals surface area contributed by atoms with Crippen molar-refractivity contribution < 1.29 is 45.1 Å². The zero-order valence-electron chi connectivity index (χ0n) is 19.5. The zero-order chi connectivity index (χ0) is 28.3. The van der Waals surface area contributed by atoms with Crippen molar-refractivity contribution in [2.24, 2.45) is 0 Å². The number of carbonyl (C=O) groups excluding carboxylic acids is 2. The molecule has 0 aliphatic rings. The molecule has 3 rings (SSSR count). The normalized spacial score (nSPS) is 11.8. The van der Waals surface area contributed by atoms with Crippen LogP contribution in [-0.2, 0) is 39.8 Å². The first-order valence-corrected chi connectivity index (χ1v) is 11.1. The lowest BCUT2D eigenvalue weighted by Gasteiger charge is -2.25. The van der Waals surface area contributed by atoms with Crippen LogP contribution in [0, 0.1) is 5.82 Å². The third-order valence-electron chi connectivity index (χ3n) is 5.29. The lowest BCUT2D eigenvalue weighted by molar-refractivity contribution is -0.150. The number of rotatable bonds is 7. The fourth-order valence-electron chi connectivity index (χ4n) is 3.56. The van der Waals surface area contributed by atoms with Crippen LogP contribution in [-0.4, -0.2) is 28.4 Å². The van der Waals surface area contributed by atoms with Gasteiger partial charge in [-0.1, -0.05) is 29.8 Å². The van der Waals surface area contributed by atoms with Crippen LogP contribution in [0.2, 0.25) is 5.15 Å². The topological polar surface area (TPSA) is 59.5 Å². The Hall–Kier alpha value is -3.67. The molecule has 0 saturated carbocycles. The Balaban J connectivity index is 2.09. The number of pyridine rings is 1. The summed E-state index contributed by atoms with van der Waals surface area (Å²) in [7, 11) is 0. The maximum atomic E-state index is 14.5. The molecule has 3 aromatic rings. The van der Waals surface area contributed by atoms with Crippen LogP contribution in [0.15, 0.2) is 54.7 Å². The van der Waals surface area contributed by atoms with Crippen LogP contribution < -0.4 is 0 Å². The van der Waals surface area contributed by atoms with E-state index >= 15 is 0 Å². The molecule has 0 aliphatic carbocycles. The van der Waals surface area contributed by atoms with Crippen LogP contribution in [0.1, 0.15) is 29.2 Å². The summed E-state index contributed by atoms with van der Waals surface area (Å²) in [6, 6.07) is 7.84. The van der Waals surface area contributed by atoms with E-state index in [1.54, 1.807) is 0 Å². The Morgan fingerprint density at radius 3 is 2.08 bits per heavy atom. The first-order chi connectivity index (χ1) is 17.7. The molecular weight excluding hydrogens is 545 g/mol. The van der Waals surface area contributed by atoms with Crippen LogP contribution >= 0.6 is 11.6 Å². The quantitative estimate of drug-likeness (QED) is 0.183. The highest BCUT2D eigenvalue weighted by Gasteiger charge is 2.37. The van der Waals surface area contributed by atoms with Crippen LogP contribution in [0.4, 0.5) is 30.7 Å². The van der Waals surface area contributed by atoms with Gasteiger partial charge in [-0.3, -0.25) is 9.59 Å². The number of hydrogen-bond donors (Lipinski definition) is 0. The molecule has 0 saturated heterocycles. The predicted octanol–water partition coefficient (Wildman–Crippen LogP) is 6.67. The van der Waals surface area contributed by atoms with Crippen molar-refractivity contribution in [3.63, 3.8) is 0 Å². The highest BCUT2D eigenvalue weighted by Crippen LogP contribution is 2.37. The molecule has 0 aliphatic heterocycles. The molecule has 1 amide bonds. The van der Waals surface area contributed by atoms with Gasteiger partial charge in [-0.25, -0.2) is 9.37 Å². The average molecular weight is 563 g/mol. The SMILES string of the molecule is CC(=O)OCC(=O)N(Cc1cc(C(F)(F)F)cc(C(F)(F)F)c1)Cc1c(-c2ccccc2F)ccnc1Cl. The molecule has 1 aromatic heterocycles. The first-order valence-electron chi connectivity index (χ1n) is 10.7. The van der Waals surface area contributed by atoms with E-state index in [9.17, 15) is 40.3 Å². The molecule has 202 valence electrons. The molecule has 0 bridgehead atoms. The standard InChI is InChI=1S/C25H18ClF7N2O3/c1-14(36)38-13-22(37)35(11-15-8-16(24(28,29)30)10-17(9-15)25(31,32)33)12-20-18(6-7-34-23(20)26)19-4-2-3-5-21(19)27/h2-10H,11-13H2,1H3. The van der Waals surface area contributed by atoms with Gasteiger partial charge in [-0.15, -0.1) is 0 Å². The predicted molar refractivity (Wildman–Crippen MR) is 122 cm³/mol. The second kappa shape index (κ2) is 11.4. The molecule has 38 heavy (non-hydrogen) atoms. The third kappa shape index (κ3) is 7.21. The fraction of sp³-hybridized carbons (Fsp3) is 0.240. The van der Waals surface area contributed by atoms with E-state index in [1.807, 2.05) is 0 Å². The van der Waals surface area contributed by atoms with Crippen molar-refractivity contribution in [2.45, 2.75) is 32.4 Å². The van der Waals surface area contributed by atoms with Crippen molar-refractivity contribution in [3.05, 3.63) is 88.0 Å². The maximum absolute atomic E-state index is 14.5. The maximum Gasteiger partial charge on any atom is 0.416 e. The number of alkyl halides is 6. The number of esters is 1. The summed E-state index contributed by atoms with van der Waals surface area (Å²) >= 11 is 6.23. The van der Waals surface area contributed by atoms with Crippen LogP contribution in [0.25, 0.3) is 11.1 Å². The molecule has 2 aromatic carbocycles. The van der Waals surface area contributed by atoms with Gasteiger partial charge in [0.15, 0.2) is 6.61 Å². The van der Waals surface area contributed by atoms with E-state index < -0.39 is 66.4 Å². The first kappa shape index (κ1) is 28.9. The summed E-state index contributed by atoms with van der Waals surface area (Å²) in [4.78, 5) is 28.9. The van der Waals surface area contributed by atoms with Gasteiger partial charge < -0.3 is 9.64 Å². The molecule has 0 spiro atoms. The third-order valence-corrected chi connectivity index (χ3v) is 5.61. The van der Waals surface area contributed by atoms with Gasteiger partial charge in [-0.2, -0.15) is 26.3 Å². The second-order valence-electron chi connectivity index (χ2n) is 8.05. The Labute approximate surface area is 216 Å². The molecule has 13 heteroatoms. The molecule has 0 N–H and O–H groups in total. The highest BCUT2D eigenvalue weighted by molar-refractivity contribution is 6.30. The fourth-order valence-corrected chi connectivity index (χ4v) is 3.78. The van der Waals surface area contributed by atoms with Crippen molar-refractivity contribution in [1.82, 2.24) is 9.88 Å². The zero-order valence-corrected chi connectivity index (χ0v) is 20.2. The van der Waals surface area contributed by atoms with Gasteiger partial charge in [0.1, 0.15) is 11.0 Å². The lowest BCUT2D eigenvalue weighted by atomic mass is 10.00. The van der Waals surface area contributed by atoms with E-state index in [0.29, 0.717) is 12.1 Å². The Morgan fingerprint density at radius 1 is 0.921 bits per heavy atom. The summed E-state index contributed by atoms with van der Waals surface area (Å²) in [6.07, 6.45) is -8.94. The number of amides is 1. The lowest BCUT2D eigenvalue weighted by Crippen LogP contribution is -2.34. The highest BCUT2D eigenvalue weighted by atomic mass is 35.5.